The molecule has 1 heterocycles. The lowest BCUT2D eigenvalue weighted by Gasteiger charge is -2.11. The fraction of sp³-hybridized carbons (Fsp3) is 0.308. The summed E-state index contributed by atoms with van der Waals surface area (Å²) in [5, 5.41) is 13.8. The van der Waals surface area contributed by atoms with E-state index >= 15 is 0 Å². The van der Waals surface area contributed by atoms with Gasteiger partial charge in [-0.25, -0.2) is 0 Å². The number of rotatable bonds is 6. The van der Waals surface area contributed by atoms with Crippen LogP contribution in [0.1, 0.15) is 12.5 Å². The number of thioether (sulfide) groups is 1. The van der Waals surface area contributed by atoms with Crippen LogP contribution in [-0.2, 0) is 11.0 Å². The maximum atomic E-state index is 12.7. The molecule has 0 atom stereocenters. The first-order chi connectivity index (χ1) is 11.3. The maximum Gasteiger partial charge on any atom is 0.416 e. The molecule has 0 radical (unpaired) electrons. The number of aromatic nitrogens is 2. The molecule has 0 spiro atoms. The number of alkyl halides is 3. The molecule has 24 heavy (non-hydrogen) atoms. The largest absolute Gasteiger partial charge is 0.416 e. The second-order valence-electron chi connectivity index (χ2n) is 4.43. The normalized spacial score (nSPS) is 11.4. The van der Waals surface area contributed by atoms with Crippen LogP contribution >= 0.6 is 34.7 Å². The van der Waals surface area contributed by atoms with E-state index in [1.165, 1.54) is 11.3 Å². The average molecular weight is 397 g/mol. The molecule has 0 aliphatic carbocycles. The summed E-state index contributed by atoms with van der Waals surface area (Å²) in [4.78, 5) is 11.9. The van der Waals surface area contributed by atoms with Crippen molar-refractivity contribution in [2.45, 2.75) is 17.4 Å². The number of nitrogens with one attached hydrogen (secondary N) is 2. The lowest BCUT2D eigenvalue weighted by Crippen LogP contribution is -2.15. The Morgan fingerprint density at radius 2 is 2.12 bits per heavy atom. The molecule has 0 unspecified atom stereocenters. The summed E-state index contributed by atoms with van der Waals surface area (Å²) in [5.74, 6) is -0.505. The van der Waals surface area contributed by atoms with Gasteiger partial charge in [-0.3, -0.25) is 4.79 Å². The molecule has 1 amide bonds. The van der Waals surface area contributed by atoms with E-state index in [2.05, 4.69) is 20.8 Å². The third-order valence-electron chi connectivity index (χ3n) is 2.63. The van der Waals surface area contributed by atoms with Gasteiger partial charge in [-0.05, 0) is 25.1 Å². The number of hydrogen-bond donors (Lipinski definition) is 2. The summed E-state index contributed by atoms with van der Waals surface area (Å²) >= 11 is 8.26. The van der Waals surface area contributed by atoms with Gasteiger partial charge < -0.3 is 10.6 Å². The van der Waals surface area contributed by atoms with E-state index in [-0.39, 0.29) is 16.5 Å². The first kappa shape index (κ1) is 18.8. The second-order valence-corrected chi connectivity index (χ2v) is 7.04. The van der Waals surface area contributed by atoms with Crippen molar-refractivity contribution in [2.75, 3.05) is 22.9 Å². The molecular formula is C13H12ClF3N4OS2. The van der Waals surface area contributed by atoms with Crippen molar-refractivity contribution in [3.05, 3.63) is 28.8 Å². The van der Waals surface area contributed by atoms with Crippen LogP contribution in [0.15, 0.2) is 22.5 Å². The van der Waals surface area contributed by atoms with Gasteiger partial charge in [-0.1, -0.05) is 34.7 Å². The van der Waals surface area contributed by atoms with Gasteiger partial charge in [0.15, 0.2) is 4.34 Å². The zero-order chi connectivity index (χ0) is 17.7. The molecule has 0 aliphatic rings. The number of carbonyl (C=O) groups is 1. The van der Waals surface area contributed by atoms with E-state index in [1.54, 1.807) is 0 Å². The predicted molar refractivity (Wildman–Crippen MR) is 89.9 cm³/mol. The molecule has 1 aromatic heterocycles. The predicted octanol–water partition coefficient (Wildman–Crippen LogP) is 4.37. The van der Waals surface area contributed by atoms with Crippen molar-refractivity contribution >= 4 is 51.4 Å². The topological polar surface area (TPSA) is 66.9 Å². The maximum absolute atomic E-state index is 12.7. The highest BCUT2D eigenvalue weighted by Crippen LogP contribution is 2.34. The highest BCUT2D eigenvalue weighted by atomic mass is 35.5. The van der Waals surface area contributed by atoms with E-state index in [4.69, 9.17) is 11.6 Å². The molecule has 0 bridgehead atoms. The highest BCUT2D eigenvalue weighted by Gasteiger charge is 2.31. The van der Waals surface area contributed by atoms with Crippen molar-refractivity contribution in [3.63, 3.8) is 0 Å². The van der Waals surface area contributed by atoms with Crippen LogP contribution in [0.4, 0.5) is 24.0 Å². The number of halogens is 4. The summed E-state index contributed by atoms with van der Waals surface area (Å²) in [6, 6.07) is 2.76. The minimum atomic E-state index is -4.51. The van der Waals surface area contributed by atoms with Crippen LogP contribution in [0.5, 0.6) is 0 Å². The summed E-state index contributed by atoms with van der Waals surface area (Å²) in [7, 11) is 0. The van der Waals surface area contributed by atoms with E-state index < -0.39 is 17.6 Å². The van der Waals surface area contributed by atoms with Crippen LogP contribution in [-0.4, -0.2) is 28.4 Å². The summed E-state index contributed by atoms with van der Waals surface area (Å²) in [6.07, 6.45) is -4.51. The minimum Gasteiger partial charge on any atom is -0.360 e. The molecule has 2 rings (SSSR count). The Balaban J connectivity index is 1.96. The molecule has 11 heteroatoms. The monoisotopic (exact) mass is 396 g/mol. The highest BCUT2D eigenvalue weighted by molar-refractivity contribution is 8.01. The first-order valence-electron chi connectivity index (χ1n) is 6.66. The fourth-order valence-electron chi connectivity index (χ4n) is 1.60. The SMILES string of the molecule is CCNc1nnc(SCC(=O)Nc2cc(C(F)(F)F)ccc2Cl)s1. The van der Waals surface area contributed by atoms with Crippen LogP contribution in [0.25, 0.3) is 0 Å². The number of benzene rings is 1. The van der Waals surface area contributed by atoms with E-state index in [9.17, 15) is 18.0 Å². The summed E-state index contributed by atoms with van der Waals surface area (Å²) in [5.41, 5.74) is -0.961. The van der Waals surface area contributed by atoms with Crippen LogP contribution in [0, 0.1) is 0 Å². The van der Waals surface area contributed by atoms with Crippen LogP contribution in [0.3, 0.4) is 0 Å². The third-order valence-corrected chi connectivity index (χ3v) is 4.97. The Labute approximate surface area is 149 Å². The smallest absolute Gasteiger partial charge is 0.360 e. The first-order valence-corrected chi connectivity index (χ1v) is 8.84. The minimum absolute atomic E-state index is 0.0205. The molecule has 1 aromatic carbocycles. The molecule has 0 saturated heterocycles. The summed E-state index contributed by atoms with van der Waals surface area (Å²) < 4.78 is 38.7. The zero-order valence-corrected chi connectivity index (χ0v) is 14.7. The molecular weight excluding hydrogens is 385 g/mol. The van der Waals surface area contributed by atoms with Crippen molar-refractivity contribution < 1.29 is 18.0 Å². The number of anilines is 2. The Morgan fingerprint density at radius 1 is 1.38 bits per heavy atom. The molecule has 5 nitrogen and oxygen atoms in total. The van der Waals surface area contributed by atoms with Crippen LogP contribution in [0.2, 0.25) is 5.02 Å². The van der Waals surface area contributed by atoms with Crippen molar-refractivity contribution in [3.8, 4) is 0 Å². The molecule has 0 aliphatic heterocycles. The molecule has 2 aromatic rings. The fourth-order valence-corrected chi connectivity index (χ4v) is 3.39. The zero-order valence-electron chi connectivity index (χ0n) is 12.3. The average Bonchev–Trinajstić information content (AvgIpc) is 2.94. The Hall–Kier alpha value is -1.52. The lowest BCUT2D eigenvalue weighted by atomic mass is 10.2. The Morgan fingerprint density at radius 3 is 2.79 bits per heavy atom. The standard InChI is InChI=1S/C13H12ClF3N4OS2/c1-2-18-11-20-21-12(24-11)23-6-10(22)19-9-5-7(13(15,16)17)3-4-8(9)14/h3-5H,2,6H2,1H3,(H,18,20)(H,19,22). The van der Waals surface area contributed by atoms with Crippen LogP contribution < -0.4 is 10.6 Å². The van der Waals surface area contributed by atoms with Crippen molar-refractivity contribution in [1.29, 1.82) is 0 Å². The van der Waals surface area contributed by atoms with Gasteiger partial charge >= 0.3 is 6.18 Å². The number of hydrogen-bond acceptors (Lipinski definition) is 6. The van der Waals surface area contributed by atoms with Crippen molar-refractivity contribution in [1.82, 2.24) is 10.2 Å². The van der Waals surface area contributed by atoms with Gasteiger partial charge in [0.2, 0.25) is 11.0 Å². The molecule has 0 saturated carbocycles. The lowest BCUT2D eigenvalue weighted by molar-refractivity contribution is -0.137. The van der Waals surface area contributed by atoms with Gasteiger partial charge in [-0.15, -0.1) is 10.2 Å². The van der Waals surface area contributed by atoms with E-state index in [0.717, 1.165) is 30.0 Å². The molecule has 130 valence electrons. The number of carbonyl (C=O) groups excluding carboxylic acids is 1. The number of nitrogens with zero attached hydrogens (tertiary/aromatic N) is 2. The summed E-state index contributed by atoms with van der Waals surface area (Å²) in [6.45, 7) is 2.62. The van der Waals surface area contributed by atoms with Crippen molar-refractivity contribution in [2.24, 2.45) is 0 Å². The second kappa shape index (κ2) is 8.04. The van der Waals surface area contributed by atoms with Gasteiger partial charge in [0.25, 0.3) is 0 Å². The van der Waals surface area contributed by atoms with Gasteiger partial charge in [0, 0.05) is 6.54 Å². The third kappa shape index (κ3) is 5.25. The quantitative estimate of drug-likeness (QED) is 0.709. The van der Waals surface area contributed by atoms with Gasteiger partial charge in [0.05, 0.1) is 22.0 Å². The number of amides is 1. The Kier molecular flexibility index (Phi) is 6.30. The van der Waals surface area contributed by atoms with Gasteiger partial charge in [-0.2, -0.15) is 13.2 Å². The van der Waals surface area contributed by atoms with E-state index in [0.29, 0.717) is 16.0 Å². The van der Waals surface area contributed by atoms with E-state index in [1.807, 2.05) is 6.92 Å². The molecule has 0 fully saturated rings. The van der Waals surface area contributed by atoms with Gasteiger partial charge in [0.1, 0.15) is 0 Å². The Bertz CT molecular complexity index is 723. The molecule has 2 N–H and O–H groups in total.